The van der Waals surface area contributed by atoms with Gasteiger partial charge in [-0.25, -0.2) is 4.98 Å². The average Bonchev–Trinajstić information content (AvgIpc) is 3.48. The lowest BCUT2D eigenvalue weighted by atomic mass is 9.87. The average molecular weight is 436 g/mol. The van der Waals surface area contributed by atoms with Crippen molar-refractivity contribution in [1.82, 2.24) is 20.2 Å². The number of aryl methyl sites for hydroxylation is 1. The van der Waals surface area contributed by atoms with Crippen LogP contribution in [-0.2, 0) is 4.74 Å². The summed E-state index contributed by atoms with van der Waals surface area (Å²) in [5.41, 5.74) is 2.69. The van der Waals surface area contributed by atoms with Gasteiger partial charge in [-0.2, -0.15) is 4.98 Å². The molecule has 1 aromatic carbocycles. The van der Waals surface area contributed by atoms with E-state index in [1.54, 1.807) is 6.92 Å². The second-order valence-corrected chi connectivity index (χ2v) is 8.82. The zero-order chi connectivity index (χ0) is 21.9. The maximum Gasteiger partial charge on any atom is 0.247 e. The molecule has 8 nitrogen and oxygen atoms in total. The fraction of sp³-hybridized carbons (Fsp3) is 0.500. The van der Waals surface area contributed by atoms with Crippen LogP contribution in [0.15, 0.2) is 34.9 Å². The van der Waals surface area contributed by atoms with Crippen LogP contribution in [0, 0.1) is 12.8 Å². The molecule has 3 heterocycles. The van der Waals surface area contributed by atoms with Crippen molar-refractivity contribution in [2.75, 3.05) is 18.5 Å². The standard InChI is InChI=1S/C24H29N5O3/c1-15-3-9-19(10-4-15)26-24-25-13-21(23(27-24)32-20-11-12-30-14-20)17-5-7-18(8-6-17)22-29-28-16(2)31-22/h5-8,13,15,19-20H,3-4,9-12,14H2,1-2H3,(H,25,26,27)/t15?,19?,20-/m1/s1. The van der Waals surface area contributed by atoms with Crippen molar-refractivity contribution in [3.8, 4) is 28.5 Å². The minimum atomic E-state index is 0.00710. The number of hydrogen-bond acceptors (Lipinski definition) is 8. The molecule has 1 saturated carbocycles. The van der Waals surface area contributed by atoms with Gasteiger partial charge in [0.05, 0.1) is 18.8 Å². The van der Waals surface area contributed by atoms with Gasteiger partial charge in [-0.3, -0.25) is 0 Å². The molecule has 5 rings (SSSR count). The van der Waals surface area contributed by atoms with E-state index in [1.165, 1.54) is 12.8 Å². The predicted molar refractivity (Wildman–Crippen MR) is 120 cm³/mol. The highest BCUT2D eigenvalue weighted by atomic mass is 16.5. The van der Waals surface area contributed by atoms with Crippen molar-refractivity contribution < 1.29 is 13.9 Å². The molecule has 2 aliphatic rings. The monoisotopic (exact) mass is 435 g/mol. The summed E-state index contributed by atoms with van der Waals surface area (Å²) in [6.07, 6.45) is 7.49. The lowest BCUT2D eigenvalue weighted by Crippen LogP contribution is -2.26. The Labute approximate surface area is 187 Å². The molecule has 2 fully saturated rings. The van der Waals surface area contributed by atoms with E-state index >= 15 is 0 Å². The first kappa shape index (κ1) is 20.9. The van der Waals surface area contributed by atoms with Gasteiger partial charge >= 0.3 is 0 Å². The van der Waals surface area contributed by atoms with Crippen LogP contribution >= 0.6 is 0 Å². The summed E-state index contributed by atoms with van der Waals surface area (Å²) >= 11 is 0. The van der Waals surface area contributed by atoms with Crippen LogP contribution in [0.4, 0.5) is 5.95 Å². The third-order valence-electron chi connectivity index (χ3n) is 6.24. The molecule has 2 aromatic heterocycles. The van der Waals surface area contributed by atoms with Gasteiger partial charge in [0.15, 0.2) is 0 Å². The molecular weight excluding hydrogens is 406 g/mol. The van der Waals surface area contributed by atoms with Gasteiger partial charge in [0.2, 0.25) is 23.6 Å². The van der Waals surface area contributed by atoms with Crippen molar-refractivity contribution in [3.63, 3.8) is 0 Å². The first-order valence-electron chi connectivity index (χ1n) is 11.4. The summed E-state index contributed by atoms with van der Waals surface area (Å²) in [6, 6.07) is 8.33. The van der Waals surface area contributed by atoms with Crippen LogP contribution in [0.2, 0.25) is 0 Å². The molecule has 1 N–H and O–H groups in total. The van der Waals surface area contributed by atoms with E-state index in [1.807, 2.05) is 30.5 Å². The molecule has 3 aromatic rings. The van der Waals surface area contributed by atoms with Crippen molar-refractivity contribution in [2.45, 2.75) is 58.1 Å². The Morgan fingerprint density at radius 3 is 2.47 bits per heavy atom. The zero-order valence-electron chi connectivity index (χ0n) is 18.6. The molecule has 32 heavy (non-hydrogen) atoms. The minimum Gasteiger partial charge on any atom is -0.471 e. The number of anilines is 1. The highest BCUT2D eigenvalue weighted by Gasteiger charge is 2.23. The summed E-state index contributed by atoms with van der Waals surface area (Å²) in [6.45, 7) is 5.40. The number of nitrogens with zero attached hydrogens (tertiary/aromatic N) is 4. The van der Waals surface area contributed by atoms with Gasteiger partial charge in [0.25, 0.3) is 0 Å². The highest BCUT2D eigenvalue weighted by Crippen LogP contribution is 2.33. The number of benzene rings is 1. The van der Waals surface area contributed by atoms with Crippen LogP contribution in [0.3, 0.4) is 0 Å². The van der Waals surface area contributed by atoms with Crippen LogP contribution < -0.4 is 10.1 Å². The number of ether oxygens (including phenoxy) is 2. The summed E-state index contributed by atoms with van der Waals surface area (Å²) in [5.74, 6) is 3.06. The van der Waals surface area contributed by atoms with Crippen LogP contribution in [0.5, 0.6) is 5.88 Å². The Morgan fingerprint density at radius 2 is 1.78 bits per heavy atom. The number of rotatable bonds is 6. The maximum absolute atomic E-state index is 6.27. The number of nitrogens with one attached hydrogen (secondary N) is 1. The van der Waals surface area contributed by atoms with Gasteiger partial charge in [0.1, 0.15) is 6.10 Å². The summed E-state index contributed by atoms with van der Waals surface area (Å²) in [4.78, 5) is 9.38. The van der Waals surface area contributed by atoms with Crippen molar-refractivity contribution in [1.29, 1.82) is 0 Å². The van der Waals surface area contributed by atoms with Crippen LogP contribution in [0.1, 0.15) is 44.9 Å². The molecule has 1 saturated heterocycles. The van der Waals surface area contributed by atoms with E-state index in [9.17, 15) is 0 Å². The molecule has 0 radical (unpaired) electrons. The van der Waals surface area contributed by atoms with Gasteiger partial charge in [-0.05, 0) is 49.3 Å². The fourth-order valence-corrected chi connectivity index (χ4v) is 4.28. The van der Waals surface area contributed by atoms with Crippen molar-refractivity contribution in [2.24, 2.45) is 5.92 Å². The normalized spacial score (nSPS) is 23.2. The topological polar surface area (TPSA) is 95.2 Å². The molecule has 0 bridgehead atoms. The van der Waals surface area contributed by atoms with E-state index in [-0.39, 0.29) is 6.10 Å². The third-order valence-corrected chi connectivity index (χ3v) is 6.24. The molecule has 1 atom stereocenters. The summed E-state index contributed by atoms with van der Waals surface area (Å²) in [7, 11) is 0. The molecule has 1 aliphatic heterocycles. The first-order valence-corrected chi connectivity index (χ1v) is 11.4. The largest absolute Gasteiger partial charge is 0.471 e. The minimum absolute atomic E-state index is 0.00710. The first-order chi connectivity index (χ1) is 15.6. The number of aromatic nitrogens is 4. The Kier molecular flexibility index (Phi) is 6.03. The maximum atomic E-state index is 6.27. The fourth-order valence-electron chi connectivity index (χ4n) is 4.28. The summed E-state index contributed by atoms with van der Waals surface area (Å²) in [5, 5.41) is 11.5. The second kappa shape index (κ2) is 9.24. The molecule has 0 unspecified atom stereocenters. The SMILES string of the molecule is Cc1nnc(-c2ccc(-c3cnc(NC4CCC(C)CC4)nc3O[C@@H]3CCOC3)cc2)o1. The van der Waals surface area contributed by atoms with Gasteiger partial charge in [-0.1, -0.05) is 19.1 Å². The lowest BCUT2D eigenvalue weighted by Gasteiger charge is -2.27. The van der Waals surface area contributed by atoms with E-state index in [4.69, 9.17) is 18.9 Å². The highest BCUT2D eigenvalue weighted by molar-refractivity contribution is 5.71. The van der Waals surface area contributed by atoms with Gasteiger partial charge < -0.3 is 19.2 Å². The Balaban J connectivity index is 1.39. The van der Waals surface area contributed by atoms with Crippen LogP contribution in [0.25, 0.3) is 22.6 Å². The van der Waals surface area contributed by atoms with E-state index < -0.39 is 0 Å². The van der Waals surface area contributed by atoms with E-state index in [0.29, 0.717) is 36.3 Å². The molecule has 1 aliphatic carbocycles. The molecule has 0 amide bonds. The smallest absolute Gasteiger partial charge is 0.247 e. The van der Waals surface area contributed by atoms with Gasteiger partial charge in [-0.15, -0.1) is 10.2 Å². The van der Waals surface area contributed by atoms with E-state index in [0.717, 1.165) is 48.5 Å². The molecule has 168 valence electrons. The third kappa shape index (κ3) is 4.75. The predicted octanol–water partition coefficient (Wildman–Crippen LogP) is 4.66. The van der Waals surface area contributed by atoms with Crippen molar-refractivity contribution >= 4 is 5.95 Å². The molecule has 0 spiro atoms. The van der Waals surface area contributed by atoms with Crippen LogP contribution in [-0.4, -0.2) is 45.5 Å². The second-order valence-electron chi connectivity index (χ2n) is 8.82. The Bertz CT molecular complexity index is 1040. The zero-order valence-corrected chi connectivity index (χ0v) is 18.6. The summed E-state index contributed by atoms with van der Waals surface area (Å²) < 4.78 is 17.3. The van der Waals surface area contributed by atoms with Crippen molar-refractivity contribution in [3.05, 3.63) is 36.4 Å². The Morgan fingerprint density at radius 1 is 1.00 bits per heavy atom. The molecule has 8 heteroatoms. The van der Waals surface area contributed by atoms with Gasteiger partial charge in [0, 0.05) is 31.1 Å². The Hall–Kier alpha value is -3.00. The molecular formula is C24H29N5O3. The number of hydrogen-bond donors (Lipinski definition) is 1. The lowest BCUT2D eigenvalue weighted by molar-refractivity contribution is 0.138. The van der Waals surface area contributed by atoms with E-state index in [2.05, 4.69) is 27.4 Å². The quantitative estimate of drug-likeness (QED) is 0.597.